The fourth-order valence-corrected chi connectivity index (χ4v) is 5.49. The first-order valence-electron chi connectivity index (χ1n) is 13.8. The van der Waals surface area contributed by atoms with Crippen LogP contribution in [-0.4, -0.2) is 60.7 Å². The van der Waals surface area contributed by atoms with Crippen LogP contribution in [0.25, 0.3) is 11.0 Å². The molecule has 234 valence electrons. The molecule has 4 aromatic rings. The molecule has 4 heterocycles. The zero-order chi connectivity index (χ0) is 31.2. The first-order valence-corrected chi connectivity index (χ1v) is 13.8. The van der Waals surface area contributed by atoms with Crippen LogP contribution in [0.4, 0.5) is 26.3 Å². The minimum Gasteiger partial charge on any atom is -0.487 e. The van der Waals surface area contributed by atoms with E-state index in [1.54, 1.807) is 12.1 Å². The molecular weight excluding hydrogens is 596 g/mol. The molecule has 44 heavy (non-hydrogen) atoms. The van der Waals surface area contributed by atoms with Crippen molar-refractivity contribution in [1.82, 2.24) is 24.2 Å². The Morgan fingerprint density at radius 2 is 1.89 bits per heavy atom. The molecule has 15 heteroatoms. The summed E-state index contributed by atoms with van der Waals surface area (Å²) in [5.74, 6) is -0.807. The van der Waals surface area contributed by atoms with Crippen molar-refractivity contribution in [2.24, 2.45) is 0 Å². The molecule has 1 fully saturated rings. The number of carboxylic acids is 1. The molecule has 0 amide bonds. The lowest BCUT2D eigenvalue weighted by molar-refractivity contribution is -0.143. The highest BCUT2D eigenvalue weighted by Crippen LogP contribution is 2.40. The molecule has 1 N–H and O–H groups in total. The molecule has 1 atom stereocenters. The zero-order valence-electron chi connectivity index (χ0n) is 23.2. The van der Waals surface area contributed by atoms with Crippen molar-refractivity contribution in [3.05, 3.63) is 76.4 Å². The van der Waals surface area contributed by atoms with Crippen LogP contribution >= 0.6 is 0 Å². The zero-order valence-corrected chi connectivity index (χ0v) is 23.2. The lowest BCUT2D eigenvalue weighted by atomic mass is 9.96. The van der Waals surface area contributed by atoms with E-state index in [2.05, 4.69) is 5.10 Å². The number of benzene rings is 2. The quantitative estimate of drug-likeness (QED) is 0.248. The third-order valence-corrected chi connectivity index (χ3v) is 7.73. The average molecular weight is 624 g/mol. The number of alkyl halides is 6. The summed E-state index contributed by atoms with van der Waals surface area (Å²) in [6.07, 6.45) is -6.93. The topological polar surface area (TPSA) is 94.6 Å². The van der Waals surface area contributed by atoms with Gasteiger partial charge in [0.05, 0.1) is 47.0 Å². The number of imidazole rings is 1. The van der Waals surface area contributed by atoms with Gasteiger partial charge in [0.1, 0.15) is 24.7 Å². The van der Waals surface area contributed by atoms with Gasteiger partial charge in [-0.3, -0.25) is 9.58 Å². The van der Waals surface area contributed by atoms with Gasteiger partial charge in [0, 0.05) is 25.9 Å². The van der Waals surface area contributed by atoms with Gasteiger partial charge in [-0.05, 0) is 60.4 Å². The molecule has 0 saturated carbocycles. The molecule has 0 radical (unpaired) electrons. The standard InChI is InChI=1S/C29H27F6N5O4/c30-28(31,32)16-39-7-4-20(37-39)15-44-25-11-19-12-38(6-3-17(19)9-22(25)29(33,34)35)14-26-36-23-2-1-18(27(41)42)10-24(23)40(26)13-21-5-8-43-21/h1-2,4,7,9-11,21H,3,5-6,8,12-16H2,(H,41,42)/t21-/m0/s1. The summed E-state index contributed by atoms with van der Waals surface area (Å²) in [5.41, 5.74) is 1.67. The summed E-state index contributed by atoms with van der Waals surface area (Å²) in [4.78, 5) is 18.4. The molecule has 2 aromatic carbocycles. The van der Waals surface area contributed by atoms with E-state index in [4.69, 9.17) is 14.5 Å². The summed E-state index contributed by atoms with van der Waals surface area (Å²) in [5, 5.41) is 13.2. The van der Waals surface area contributed by atoms with Crippen molar-refractivity contribution in [1.29, 1.82) is 0 Å². The molecule has 9 nitrogen and oxygen atoms in total. The average Bonchev–Trinajstić information content (AvgIpc) is 3.50. The van der Waals surface area contributed by atoms with Gasteiger partial charge < -0.3 is 19.1 Å². The lowest BCUT2D eigenvalue weighted by Crippen LogP contribution is -2.34. The van der Waals surface area contributed by atoms with E-state index >= 15 is 0 Å². The molecule has 2 aliphatic rings. The summed E-state index contributed by atoms with van der Waals surface area (Å²) in [6, 6.07) is 8.39. The van der Waals surface area contributed by atoms with E-state index in [1.807, 2.05) is 9.47 Å². The Balaban J connectivity index is 1.23. The van der Waals surface area contributed by atoms with Crippen molar-refractivity contribution in [2.45, 2.75) is 64.1 Å². The highest BCUT2D eigenvalue weighted by molar-refractivity contribution is 5.92. The minimum atomic E-state index is -4.71. The minimum absolute atomic E-state index is 0.0259. The number of fused-ring (bicyclic) bond motifs is 2. The number of aromatic carboxylic acids is 1. The number of aromatic nitrogens is 4. The normalized spacial score (nSPS) is 17.5. The van der Waals surface area contributed by atoms with E-state index in [1.165, 1.54) is 18.2 Å². The number of halogens is 6. The largest absolute Gasteiger partial charge is 0.487 e. The number of hydrogen-bond donors (Lipinski definition) is 1. The van der Waals surface area contributed by atoms with E-state index in [-0.39, 0.29) is 17.4 Å². The fourth-order valence-electron chi connectivity index (χ4n) is 5.49. The fraction of sp³-hybridized carbons (Fsp3) is 0.414. The highest BCUT2D eigenvalue weighted by Gasteiger charge is 2.36. The third kappa shape index (κ3) is 6.53. The van der Waals surface area contributed by atoms with Gasteiger partial charge >= 0.3 is 18.3 Å². The van der Waals surface area contributed by atoms with Crippen LogP contribution < -0.4 is 4.74 Å². The second kappa shape index (κ2) is 11.4. The number of nitrogens with zero attached hydrogens (tertiary/aromatic N) is 5. The Labute approximate surface area is 246 Å². The van der Waals surface area contributed by atoms with Crippen LogP contribution in [0.5, 0.6) is 5.75 Å². The summed E-state index contributed by atoms with van der Waals surface area (Å²) in [6.45, 7) is 0.496. The maximum atomic E-state index is 14.0. The van der Waals surface area contributed by atoms with Crippen molar-refractivity contribution in [3.63, 3.8) is 0 Å². The number of ether oxygens (including phenoxy) is 2. The van der Waals surface area contributed by atoms with Crippen LogP contribution in [0.15, 0.2) is 42.6 Å². The number of carboxylic acid groups (broad SMARTS) is 1. The van der Waals surface area contributed by atoms with Gasteiger partial charge in [-0.2, -0.15) is 31.4 Å². The Morgan fingerprint density at radius 3 is 2.57 bits per heavy atom. The van der Waals surface area contributed by atoms with Crippen LogP contribution in [0.3, 0.4) is 0 Å². The second-order valence-electron chi connectivity index (χ2n) is 10.9. The molecule has 0 aliphatic carbocycles. The van der Waals surface area contributed by atoms with E-state index in [0.717, 1.165) is 18.7 Å². The van der Waals surface area contributed by atoms with Crippen molar-refractivity contribution < 1.29 is 45.7 Å². The molecule has 2 aliphatic heterocycles. The maximum Gasteiger partial charge on any atom is 0.419 e. The van der Waals surface area contributed by atoms with Gasteiger partial charge in [0.2, 0.25) is 0 Å². The molecule has 0 unspecified atom stereocenters. The molecule has 0 bridgehead atoms. The molecular formula is C29H27F6N5O4. The van der Waals surface area contributed by atoms with E-state index in [0.29, 0.717) is 71.9 Å². The predicted octanol–water partition coefficient (Wildman–Crippen LogP) is 5.44. The first kappa shape index (κ1) is 29.9. The van der Waals surface area contributed by atoms with Gasteiger partial charge in [0.15, 0.2) is 0 Å². The molecule has 1 saturated heterocycles. The van der Waals surface area contributed by atoms with Crippen LogP contribution in [-0.2, 0) is 50.1 Å². The maximum absolute atomic E-state index is 14.0. The van der Waals surface area contributed by atoms with Crippen molar-refractivity contribution in [2.75, 3.05) is 13.2 Å². The van der Waals surface area contributed by atoms with Crippen molar-refractivity contribution in [3.8, 4) is 5.75 Å². The predicted molar refractivity (Wildman–Crippen MR) is 143 cm³/mol. The first-order chi connectivity index (χ1) is 20.8. The number of rotatable bonds is 9. The number of carbonyl (C=O) groups is 1. The van der Waals surface area contributed by atoms with Crippen LogP contribution in [0.1, 0.15) is 45.0 Å². The Morgan fingerprint density at radius 1 is 1.09 bits per heavy atom. The number of hydrogen-bond acceptors (Lipinski definition) is 6. The van der Waals surface area contributed by atoms with Crippen LogP contribution in [0.2, 0.25) is 0 Å². The monoisotopic (exact) mass is 623 g/mol. The third-order valence-electron chi connectivity index (χ3n) is 7.73. The summed E-state index contributed by atoms with van der Waals surface area (Å²) in [7, 11) is 0. The Kier molecular flexibility index (Phi) is 7.78. The van der Waals surface area contributed by atoms with E-state index in [9.17, 15) is 36.2 Å². The molecule has 2 aromatic heterocycles. The van der Waals surface area contributed by atoms with Gasteiger partial charge in [-0.1, -0.05) is 0 Å². The van der Waals surface area contributed by atoms with E-state index < -0.39 is 42.8 Å². The van der Waals surface area contributed by atoms with Gasteiger partial charge in [-0.25, -0.2) is 9.78 Å². The Bertz CT molecular complexity index is 1690. The van der Waals surface area contributed by atoms with Crippen molar-refractivity contribution >= 4 is 17.0 Å². The van der Waals surface area contributed by atoms with Gasteiger partial charge in [0.25, 0.3) is 0 Å². The SMILES string of the molecule is O=C(O)c1ccc2nc(CN3CCc4cc(C(F)(F)F)c(OCc5ccn(CC(F)(F)F)n5)cc4C3)n(C[C@@H]3CCO3)c2c1. The Hall–Kier alpha value is -4.11. The molecule has 0 spiro atoms. The molecule has 6 rings (SSSR count). The highest BCUT2D eigenvalue weighted by atomic mass is 19.4. The van der Waals surface area contributed by atoms with Crippen LogP contribution in [0, 0.1) is 0 Å². The summed E-state index contributed by atoms with van der Waals surface area (Å²) < 4.78 is 93.6. The second-order valence-corrected chi connectivity index (χ2v) is 10.9. The van der Waals surface area contributed by atoms with Gasteiger partial charge in [-0.15, -0.1) is 0 Å². The lowest BCUT2D eigenvalue weighted by Gasteiger charge is -2.31. The summed E-state index contributed by atoms with van der Waals surface area (Å²) >= 11 is 0. The smallest absolute Gasteiger partial charge is 0.419 e.